The van der Waals surface area contributed by atoms with Crippen molar-refractivity contribution in [1.29, 1.82) is 0 Å². The standard InChI is InChI=1S/C14H22BrN5/c1-4-10(16)8-13-17-6-7-20(13)9-12-14(15)11(5-2)18-19(12)3/h6-7,10H,4-5,8-9,16H2,1-3H3. The number of aryl methyl sites for hydroxylation is 2. The Kier molecular flexibility index (Phi) is 4.99. The van der Waals surface area contributed by atoms with E-state index in [9.17, 15) is 0 Å². The Hall–Kier alpha value is -1.14. The van der Waals surface area contributed by atoms with Gasteiger partial charge in [0.2, 0.25) is 0 Å². The highest BCUT2D eigenvalue weighted by Gasteiger charge is 2.15. The van der Waals surface area contributed by atoms with E-state index in [-0.39, 0.29) is 6.04 Å². The highest BCUT2D eigenvalue weighted by molar-refractivity contribution is 9.10. The number of halogens is 1. The average Bonchev–Trinajstić information content (AvgIpc) is 2.98. The summed E-state index contributed by atoms with van der Waals surface area (Å²) in [4.78, 5) is 4.42. The smallest absolute Gasteiger partial charge is 0.110 e. The fourth-order valence-electron chi connectivity index (χ4n) is 2.21. The maximum absolute atomic E-state index is 6.03. The van der Waals surface area contributed by atoms with Crippen LogP contribution < -0.4 is 5.73 Å². The lowest BCUT2D eigenvalue weighted by Crippen LogP contribution is -2.24. The zero-order valence-electron chi connectivity index (χ0n) is 12.3. The third-order valence-corrected chi connectivity index (χ3v) is 4.51. The van der Waals surface area contributed by atoms with E-state index in [1.54, 1.807) is 0 Å². The first-order chi connectivity index (χ1) is 9.56. The third-order valence-electron chi connectivity index (χ3n) is 3.59. The predicted octanol–water partition coefficient (Wildman–Crippen LogP) is 2.27. The minimum Gasteiger partial charge on any atom is -0.329 e. The fraction of sp³-hybridized carbons (Fsp3) is 0.571. The van der Waals surface area contributed by atoms with E-state index in [0.717, 1.165) is 47.5 Å². The number of hydrogen-bond acceptors (Lipinski definition) is 3. The number of hydrogen-bond donors (Lipinski definition) is 1. The van der Waals surface area contributed by atoms with Crippen molar-refractivity contribution in [2.45, 2.75) is 45.7 Å². The molecule has 20 heavy (non-hydrogen) atoms. The zero-order valence-corrected chi connectivity index (χ0v) is 13.9. The van der Waals surface area contributed by atoms with Gasteiger partial charge in [-0.05, 0) is 28.8 Å². The number of rotatable bonds is 6. The fourth-order valence-corrected chi connectivity index (χ4v) is 2.95. The minimum absolute atomic E-state index is 0.164. The Labute approximate surface area is 128 Å². The summed E-state index contributed by atoms with van der Waals surface area (Å²) in [6.45, 7) is 4.97. The van der Waals surface area contributed by atoms with Crippen LogP contribution in [0.25, 0.3) is 0 Å². The van der Waals surface area contributed by atoms with E-state index in [2.05, 4.69) is 44.4 Å². The normalized spacial score (nSPS) is 12.8. The van der Waals surface area contributed by atoms with Crippen LogP contribution in [-0.4, -0.2) is 25.4 Å². The maximum atomic E-state index is 6.03. The summed E-state index contributed by atoms with van der Waals surface area (Å²) in [5, 5.41) is 4.53. The molecule has 6 heteroatoms. The summed E-state index contributed by atoms with van der Waals surface area (Å²) in [6.07, 6.45) is 6.53. The molecule has 0 spiro atoms. The van der Waals surface area contributed by atoms with E-state index in [4.69, 9.17) is 5.73 Å². The summed E-state index contributed by atoms with van der Waals surface area (Å²) in [5.74, 6) is 1.03. The largest absolute Gasteiger partial charge is 0.329 e. The molecule has 0 aliphatic heterocycles. The molecule has 0 bridgehead atoms. The van der Waals surface area contributed by atoms with Gasteiger partial charge in [-0.2, -0.15) is 5.10 Å². The third kappa shape index (κ3) is 3.12. The average molecular weight is 340 g/mol. The highest BCUT2D eigenvalue weighted by Crippen LogP contribution is 2.22. The van der Waals surface area contributed by atoms with Gasteiger partial charge in [0.1, 0.15) is 5.82 Å². The molecule has 1 atom stereocenters. The Morgan fingerprint density at radius 2 is 2.15 bits per heavy atom. The van der Waals surface area contributed by atoms with Gasteiger partial charge in [0.15, 0.2) is 0 Å². The van der Waals surface area contributed by atoms with Crippen molar-refractivity contribution >= 4 is 15.9 Å². The summed E-state index contributed by atoms with van der Waals surface area (Å²) in [5.41, 5.74) is 8.28. The van der Waals surface area contributed by atoms with E-state index in [0.29, 0.717) is 0 Å². The van der Waals surface area contributed by atoms with Crippen LogP contribution in [-0.2, 0) is 26.4 Å². The minimum atomic E-state index is 0.164. The first kappa shape index (κ1) is 15.3. The van der Waals surface area contributed by atoms with Gasteiger partial charge >= 0.3 is 0 Å². The molecular weight excluding hydrogens is 318 g/mol. The molecule has 0 aromatic carbocycles. The van der Waals surface area contributed by atoms with Gasteiger partial charge in [-0.15, -0.1) is 0 Å². The predicted molar refractivity (Wildman–Crippen MR) is 83.6 cm³/mol. The van der Waals surface area contributed by atoms with Crippen molar-refractivity contribution in [3.63, 3.8) is 0 Å². The lowest BCUT2D eigenvalue weighted by molar-refractivity contribution is 0.583. The second-order valence-corrected chi connectivity index (χ2v) is 5.82. The molecule has 0 aliphatic rings. The Balaban J connectivity index is 2.23. The van der Waals surface area contributed by atoms with Gasteiger partial charge in [0, 0.05) is 31.9 Å². The van der Waals surface area contributed by atoms with Crippen molar-refractivity contribution in [2.24, 2.45) is 12.8 Å². The van der Waals surface area contributed by atoms with E-state index in [1.165, 1.54) is 0 Å². The number of nitrogens with two attached hydrogens (primary N) is 1. The summed E-state index contributed by atoms with van der Waals surface area (Å²) in [7, 11) is 1.98. The van der Waals surface area contributed by atoms with Crippen LogP contribution in [0.15, 0.2) is 16.9 Å². The van der Waals surface area contributed by atoms with Crippen molar-refractivity contribution in [3.05, 3.63) is 34.1 Å². The molecule has 110 valence electrons. The number of aromatic nitrogens is 4. The second kappa shape index (κ2) is 6.54. The lowest BCUT2D eigenvalue weighted by atomic mass is 10.1. The molecular formula is C14H22BrN5. The van der Waals surface area contributed by atoms with Crippen LogP contribution in [0.2, 0.25) is 0 Å². The molecule has 0 aliphatic carbocycles. The monoisotopic (exact) mass is 339 g/mol. The first-order valence-corrected chi connectivity index (χ1v) is 7.81. The van der Waals surface area contributed by atoms with Gasteiger partial charge in [0.25, 0.3) is 0 Å². The van der Waals surface area contributed by atoms with Crippen LogP contribution in [0.1, 0.15) is 37.5 Å². The molecule has 2 rings (SSSR count). The van der Waals surface area contributed by atoms with Crippen LogP contribution in [0, 0.1) is 0 Å². The number of imidazole rings is 1. The van der Waals surface area contributed by atoms with E-state index < -0.39 is 0 Å². The number of nitrogens with zero attached hydrogens (tertiary/aromatic N) is 4. The molecule has 0 amide bonds. The quantitative estimate of drug-likeness (QED) is 0.878. The topological polar surface area (TPSA) is 61.7 Å². The maximum Gasteiger partial charge on any atom is 0.110 e. The molecule has 1 unspecified atom stereocenters. The molecule has 2 N–H and O–H groups in total. The molecule has 2 aromatic rings. The van der Waals surface area contributed by atoms with Crippen molar-refractivity contribution in [1.82, 2.24) is 19.3 Å². The van der Waals surface area contributed by atoms with Gasteiger partial charge in [0.05, 0.1) is 22.4 Å². The lowest BCUT2D eigenvalue weighted by Gasteiger charge is -2.12. The Morgan fingerprint density at radius 1 is 1.40 bits per heavy atom. The molecule has 2 heterocycles. The van der Waals surface area contributed by atoms with Gasteiger partial charge in [-0.1, -0.05) is 13.8 Å². The van der Waals surface area contributed by atoms with Crippen molar-refractivity contribution in [2.75, 3.05) is 0 Å². The highest BCUT2D eigenvalue weighted by atomic mass is 79.9. The van der Waals surface area contributed by atoms with Crippen LogP contribution in [0.3, 0.4) is 0 Å². The molecule has 0 radical (unpaired) electrons. The molecule has 2 aromatic heterocycles. The molecule has 0 saturated heterocycles. The summed E-state index contributed by atoms with van der Waals surface area (Å²) in [6, 6.07) is 0.164. The van der Waals surface area contributed by atoms with Crippen molar-refractivity contribution in [3.8, 4) is 0 Å². The van der Waals surface area contributed by atoms with E-state index in [1.807, 2.05) is 24.1 Å². The molecule has 5 nitrogen and oxygen atoms in total. The van der Waals surface area contributed by atoms with Gasteiger partial charge in [-0.25, -0.2) is 4.98 Å². The van der Waals surface area contributed by atoms with Crippen LogP contribution in [0.5, 0.6) is 0 Å². The molecule has 0 saturated carbocycles. The SMILES string of the molecule is CCc1nn(C)c(Cn2ccnc2CC(N)CC)c1Br. The molecule has 0 fully saturated rings. The summed E-state index contributed by atoms with van der Waals surface area (Å²) < 4.78 is 5.19. The first-order valence-electron chi connectivity index (χ1n) is 7.02. The second-order valence-electron chi connectivity index (χ2n) is 5.03. The zero-order chi connectivity index (χ0) is 14.7. The van der Waals surface area contributed by atoms with Gasteiger partial charge < -0.3 is 10.3 Å². The summed E-state index contributed by atoms with van der Waals surface area (Å²) >= 11 is 3.66. The Morgan fingerprint density at radius 3 is 2.75 bits per heavy atom. The van der Waals surface area contributed by atoms with Crippen molar-refractivity contribution < 1.29 is 0 Å². The van der Waals surface area contributed by atoms with Crippen LogP contribution in [0.4, 0.5) is 0 Å². The van der Waals surface area contributed by atoms with E-state index >= 15 is 0 Å². The van der Waals surface area contributed by atoms with Gasteiger partial charge in [-0.3, -0.25) is 4.68 Å². The Bertz CT molecular complexity index is 572. The van der Waals surface area contributed by atoms with Crippen LogP contribution >= 0.6 is 15.9 Å².